The van der Waals surface area contributed by atoms with Crippen LogP contribution in [-0.2, 0) is 13.9 Å². The maximum absolute atomic E-state index is 11.2. The largest absolute Gasteiger partial charge is 0.435 e. The summed E-state index contributed by atoms with van der Waals surface area (Å²) in [5.41, 5.74) is 0.788. The highest BCUT2D eigenvalue weighted by atomic mass is 35.7. The van der Waals surface area contributed by atoms with Gasteiger partial charge in [-0.15, -0.1) is 0 Å². The first kappa shape index (κ1) is 12.4. The van der Waals surface area contributed by atoms with Crippen molar-refractivity contribution < 1.29 is 36.4 Å². The van der Waals surface area contributed by atoms with Crippen LogP contribution in [0.4, 0.5) is 0 Å². The second-order valence-electron chi connectivity index (χ2n) is 2.71. The first-order chi connectivity index (χ1) is 6.71. The maximum atomic E-state index is 11.2. The van der Waals surface area contributed by atoms with Gasteiger partial charge in [-0.1, -0.05) is 17.7 Å². The van der Waals surface area contributed by atoms with Crippen molar-refractivity contribution in [1.29, 1.82) is 0 Å². The molecule has 1 rings (SSSR count). The molecule has 0 aliphatic rings. The Morgan fingerprint density at radius 3 is 2.00 bits per heavy atom. The van der Waals surface area contributed by atoms with Crippen molar-refractivity contribution in [2.75, 3.05) is 0 Å². The van der Waals surface area contributed by atoms with Crippen LogP contribution in [0.3, 0.4) is 0 Å². The van der Waals surface area contributed by atoms with Gasteiger partial charge >= 0.3 is 10.1 Å². The number of hydrogen-bond acceptors (Lipinski definition) is 6. The van der Waals surface area contributed by atoms with Gasteiger partial charge in [0.25, 0.3) is 0 Å². The molecule has 0 spiro atoms. The van der Waals surface area contributed by atoms with Crippen LogP contribution >= 0.6 is 0 Å². The molecule has 0 bridgehead atoms. The predicted molar refractivity (Wildman–Crippen MR) is 39.4 cm³/mol. The molecule has 0 fully saturated rings. The second kappa shape index (κ2) is 4.05. The van der Waals surface area contributed by atoms with E-state index >= 15 is 0 Å². The summed E-state index contributed by atoms with van der Waals surface area (Å²) in [6.07, 6.45) is 0. The lowest BCUT2D eigenvalue weighted by Crippen LogP contribution is -2.61. The van der Waals surface area contributed by atoms with Crippen LogP contribution in [0.15, 0.2) is 29.2 Å². The molecule has 0 saturated heterocycles. The molecule has 0 N–H and O–H groups in total. The Labute approximate surface area is 88.6 Å². The van der Waals surface area contributed by atoms with Gasteiger partial charge in [-0.2, -0.15) is 22.4 Å². The zero-order chi connectivity index (χ0) is 11.7. The number of halogens is 1. The molecule has 0 atom stereocenters. The molecule has 0 saturated carbocycles. The van der Waals surface area contributed by atoms with Gasteiger partial charge in [0, 0.05) is 0 Å². The summed E-state index contributed by atoms with van der Waals surface area (Å²) >= 11 is 0. The first-order valence-corrected chi connectivity index (χ1v) is 6.29. The smallest absolute Gasteiger partial charge is 0.182 e. The molecule has 0 unspecified atom stereocenters. The zero-order valence-corrected chi connectivity index (χ0v) is 9.12. The van der Waals surface area contributed by atoms with Crippen LogP contribution in [0.5, 0.6) is 0 Å². The summed E-state index contributed by atoms with van der Waals surface area (Å²) in [4.78, 5) is -0.389. The van der Waals surface area contributed by atoms with Gasteiger partial charge in [0.1, 0.15) is 15.1 Å². The summed E-state index contributed by atoms with van der Waals surface area (Å²) in [6, 6.07) is 5.19. The van der Waals surface area contributed by atoms with E-state index in [1.165, 1.54) is 12.1 Å². The summed E-state index contributed by atoms with van der Waals surface area (Å²) in [5.74, 6) is 0. The average molecular weight is 255 g/mol. The third kappa shape index (κ3) is 3.74. The quantitative estimate of drug-likeness (QED) is 0.594. The van der Waals surface area contributed by atoms with Gasteiger partial charge in [0.05, 0.1) is 0 Å². The van der Waals surface area contributed by atoms with E-state index in [1.54, 1.807) is 6.92 Å². The predicted octanol–water partition coefficient (Wildman–Crippen LogP) is -2.40. The van der Waals surface area contributed by atoms with E-state index in [0.29, 0.717) is 0 Å². The van der Waals surface area contributed by atoms with Crippen molar-refractivity contribution in [2.45, 2.75) is 11.8 Å². The fourth-order valence-corrected chi connectivity index (χ4v) is 2.42. The van der Waals surface area contributed by atoms with E-state index in [1.807, 2.05) is 0 Å². The van der Waals surface area contributed by atoms with Gasteiger partial charge in [-0.05, 0) is 19.1 Å². The Morgan fingerprint density at radius 1 is 1.13 bits per heavy atom. The molecular formula is C7H7ClO6S. The second-order valence-corrected chi connectivity index (χ2v) is 5.35. The van der Waals surface area contributed by atoms with Gasteiger partial charge in [0.15, 0.2) is 0 Å². The molecule has 6 nitrogen and oxygen atoms in total. The maximum Gasteiger partial charge on any atom is 0.435 e. The lowest BCUT2D eigenvalue weighted by molar-refractivity contribution is -1.91. The fourth-order valence-electron chi connectivity index (χ4n) is 0.843. The van der Waals surface area contributed by atoms with E-state index < -0.39 is 20.4 Å². The molecule has 1 aromatic carbocycles. The Bertz CT molecular complexity index is 432. The molecule has 0 heterocycles. The SMILES string of the molecule is Cc1ccc(S(=O)(=O)O[Cl+3]([O-])([O-])[O-])cc1. The highest BCUT2D eigenvalue weighted by Gasteiger charge is 2.34. The van der Waals surface area contributed by atoms with Crippen molar-refractivity contribution >= 4 is 10.1 Å². The molecule has 15 heavy (non-hydrogen) atoms. The highest BCUT2D eigenvalue weighted by Crippen LogP contribution is 2.15. The van der Waals surface area contributed by atoms with E-state index in [0.717, 1.165) is 17.7 Å². The summed E-state index contributed by atoms with van der Waals surface area (Å²) in [7, 11) is -9.55. The monoisotopic (exact) mass is 254 g/mol. The van der Waals surface area contributed by atoms with Gasteiger partial charge in [-0.25, -0.2) is 0 Å². The number of hydrogen-bond donors (Lipinski definition) is 0. The Balaban J connectivity index is 3.02. The van der Waals surface area contributed by atoms with Crippen LogP contribution in [-0.4, -0.2) is 8.42 Å². The van der Waals surface area contributed by atoms with E-state index in [9.17, 15) is 22.4 Å². The van der Waals surface area contributed by atoms with Crippen molar-refractivity contribution in [2.24, 2.45) is 0 Å². The minimum absolute atomic E-state index is 0.389. The molecule has 0 aromatic heterocycles. The fraction of sp³-hybridized carbons (Fsp3) is 0.143. The van der Waals surface area contributed by atoms with Gasteiger partial charge < -0.3 is 0 Å². The Kier molecular flexibility index (Phi) is 3.34. The standard InChI is InChI=1S/C7H7ClO6S/c1-6-2-4-7(5-3-6)15(12,13)14-8(9,10)11/h2-5H,1H3. The first-order valence-electron chi connectivity index (χ1n) is 3.64. The molecule has 1 aromatic rings. The van der Waals surface area contributed by atoms with E-state index in [4.69, 9.17) is 0 Å². The lowest BCUT2D eigenvalue weighted by atomic mass is 10.2. The van der Waals surface area contributed by atoms with Crippen LogP contribution < -0.4 is 14.0 Å². The molecule has 8 heteroatoms. The van der Waals surface area contributed by atoms with Gasteiger partial charge in [0.2, 0.25) is 3.74 Å². The summed E-state index contributed by atoms with van der Waals surface area (Å²) < 4.78 is 56.0. The Hall–Kier alpha value is -0.700. The van der Waals surface area contributed by atoms with E-state index in [-0.39, 0.29) is 4.90 Å². The minimum atomic E-state index is -5.00. The minimum Gasteiger partial charge on any atom is -0.182 e. The molecule has 0 aliphatic heterocycles. The normalized spacial score (nSPS) is 12.8. The third-order valence-corrected chi connectivity index (χ3v) is 3.60. The Morgan fingerprint density at radius 2 is 1.60 bits per heavy atom. The number of rotatable bonds is 3. The third-order valence-electron chi connectivity index (χ3n) is 1.47. The average Bonchev–Trinajstić information content (AvgIpc) is 2.00. The molecular weight excluding hydrogens is 248 g/mol. The van der Waals surface area contributed by atoms with Crippen molar-refractivity contribution in [3.8, 4) is 0 Å². The number of aryl methyl sites for hydroxylation is 1. The van der Waals surface area contributed by atoms with Crippen LogP contribution in [0.1, 0.15) is 5.56 Å². The van der Waals surface area contributed by atoms with Crippen LogP contribution in [0, 0.1) is 17.2 Å². The summed E-state index contributed by atoms with van der Waals surface area (Å²) in [5, 5.41) is 0. The van der Waals surface area contributed by atoms with Crippen LogP contribution in [0.2, 0.25) is 0 Å². The molecule has 0 radical (unpaired) electrons. The summed E-state index contributed by atoms with van der Waals surface area (Å²) in [6.45, 7) is 1.72. The molecule has 0 amide bonds. The van der Waals surface area contributed by atoms with E-state index in [2.05, 4.69) is 3.74 Å². The number of benzene rings is 1. The zero-order valence-electron chi connectivity index (χ0n) is 7.55. The lowest BCUT2D eigenvalue weighted by Gasteiger charge is -2.11. The van der Waals surface area contributed by atoms with Crippen molar-refractivity contribution in [3.63, 3.8) is 0 Å². The molecule has 84 valence electrons. The highest BCUT2D eigenvalue weighted by molar-refractivity contribution is 7.86. The van der Waals surface area contributed by atoms with Crippen molar-refractivity contribution in [1.82, 2.24) is 0 Å². The van der Waals surface area contributed by atoms with Crippen molar-refractivity contribution in [3.05, 3.63) is 29.8 Å². The van der Waals surface area contributed by atoms with Crippen LogP contribution in [0.25, 0.3) is 0 Å². The molecule has 0 aliphatic carbocycles. The topological polar surface area (TPSA) is 113 Å². The van der Waals surface area contributed by atoms with Gasteiger partial charge in [-0.3, -0.25) is 0 Å².